The molecule has 1 aromatic carbocycles. The van der Waals surface area contributed by atoms with Gasteiger partial charge in [-0.25, -0.2) is 9.97 Å². The molecule has 0 amide bonds. The predicted molar refractivity (Wildman–Crippen MR) is 68.6 cm³/mol. The number of rotatable bonds is 3. The molecular formula is C13H10ClF3N2O. The second-order valence-electron chi connectivity index (χ2n) is 3.86. The van der Waals surface area contributed by atoms with Gasteiger partial charge in [-0.15, -0.1) is 0 Å². The summed E-state index contributed by atoms with van der Waals surface area (Å²) in [4.78, 5) is 6.69. The van der Waals surface area contributed by atoms with Gasteiger partial charge in [0, 0.05) is 11.6 Å². The molecule has 0 aliphatic carbocycles. The van der Waals surface area contributed by atoms with E-state index in [-0.39, 0.29) is 10.8 Å². The number of halogens is 4. The Morgan fingerprint density at radius 3 is 2.60 bits per heavy atom. The van der Waals surface area contributed by atoms with E-state index < -0.39 is 12.0 Å². The first kappa shape index (κ1) is 14.6. The Kier molecular flexibility index (Phi) is 4.13. The van der Waals surface area contributed by atoms with E-state index in [0.29, 0.717) is 17.9 Å². The lowest BCUT2D eigenvalue weighted by atomic mass is 10.1. The van der Waals surface area contributed by atoms with Crippen molar-refractivity contribution in [2.75, 3.05) is 6.61 Å². The van der Waals surface area contributed by atoms with Gasteiger partial charge < -0.3 is 4.74 Å². The first-order chi connectivity index (χ1) is 9.40. The monoisotopic (exact) mass is 302 g/mol. The Morgan fingerprint density at radius 2 is 1.95 bits per heavy atom. The molecule has 0 saturated heterocycles. The summed E-state index contributed by atoms with van der Waals surface area (Å²) in [5.74, 6) is -0.713. The van der Waals surface area contributed by atoms with Crippen LogP contribution in [0.15, 0.2) is 30.3 Å². The molecule has 0 aliphatic rings. The molecule has 106 valence electrons. The molecule has 3 nitrogen and oxygen atoms in total. The molecule has 0 radical (unpaired) electrons. The minimum absolute atomic E-state index is 0.0962. The molecule has 0 aliphatic heterocycles. The van der Waals surface area contributed by atoms with Gasteiger partial charge in [-0.1, -0.05) is 23.7 Å². The summed E-state index contributed by atoms with van der Waals surface area (Å²) in [7, 11) is 0. The maximum absolute atomic E-state index is 12.7. The van der Waals surface area contributed by atoms with Crippen LogP contribution in [0.25, 0.3) is 11.3 Å². The van der Waals surface area contributed by atoms with Gasteiger partial charge in [-0.05, 0) is 19.1 Å². The van der Waals surface area contributed by atoms with Crippen LogP contribution in [0, 0.1) is 0 Å². The molecule has 0 fully saturated rings. The van der Waals surface area contributed by atoms with E-state index in [9.17, 15) is 13.2 Å². The predicted octanol–water partition coefficient (Wildman–Crippen LogP) is 4.21. The van der Waals surface area contributed by atoms with Crippen LogP contribution in [-0.2, 0) is 6.18 Å². The van der Waals surface area contributed by atoms with Gasteiger partial charge in [0.2, 0.25) is 5.82 Å². The average molecular weight is 303 g/mol. The zero-order valence-corrected chi connectivity index (χ0v) is 11.2. The topological polar surface area (TPSA) is 35.0 Å². The molecule has 2 aromatic rings. The lowest BCUT2D eigenvalue weighted by Gasteiger charge is -2.09. The first-order valence-electron chi connectivity index (χ1n) is 5.75. The van der Waals surface area contributed by atoms with Gasteiger partial charge in [0.05, 0.1) is 12.3 Å². The molecular weight excluding hydrogens is 293 g/mol. The largest absolute Gasteiger partial charge is 0.494 e. The Balaban J connectivity index is 2.47. The SMILES string of the molecule is CCOc1cccc(-c2cc(Cl)nc(C(F)(F)F)n2)c1. The number of benzene rings is 1. The molecule has 0 spiro atoms. The van der Waals surface area contributed by atoms with Gasteiger partial charge >= 0.3 is 6.18 Å². The first-order valence-corrected chi connectivity index (χ1v) is 6.13. The summed E-state index contributed by atoms with van der Waals surface area (Å²) in [5.41, 5.74) is 0.574. The van der Waals surface area contributed by atoms with E-state index in [1.54, 1.807) is 24.3 Å². The number of hydrogen-bond donors (Lipinski definition) is 0. The second kappa shape index (κ2) is 5.66. The minimum atomic E-state index is -4.64. The van der Waals surface area contributed by atoms with Crippen LogP contribution < -0.4 is 4.74 Å². The minimum Gasteiger partial charge on any atom is -0.494 e. The van der Waals surface area contributed by atoms with Crippen molar-refractivity contribution < 1.29 is 17.9 Å². The van der Waals surface area contributed by atoms with Gasteiger partial charge in [0.15, 0.2) is 0 Å². The fourth-order valence-electron chi connectivity index (χ4n) is 1.60. The number of hydrogen-bond acceptors (Lipinski definition) is 3. The number of aromatic nitrogens is 2. The zero-order valence-electron chi connectivity index (χ0n) is 10.4. The summed E-state index contributed by atoms with van der Waals surface area (Å²) in [5, 5.41) is -0.260. The lowest BCUT2D eigenvalue weighted by molar-refractivity contribution is -0.144. The molecule has 20 heavy (non-hydrogen) atoms. The summed E-state index contributed by atoms with van der Waals surface area (Å²) < 4.78 is 43.3. The molecule has 0 N–H and O–H groups in total. The van der Waals surface area contributed by atoms with E-state index in [4.69, 9.17) is 16.3 Å². The number of alkyl halides is 3. The van der Waals surface area contributed by atoms with Crippen LogP contribution in [0.3, 0.4) is 0 Å². The van der Waals surface area contributed by atoms with E-state index in [1.165, 1.54) is 6.07 Å². The Hall–Kier alpha value is -1.82. The Labute approximate surface area is 118 Å². The molecule has 0 saturated carbocycles. The van der Waals surface area contributed by atoms with Crippen molar-refractivity contribution in [3.63, 3.8) is 0 Å². The van der Waals surface area contributed by atoms with Gasteiger partial charge in [0.1, 0.15) is 10.9 Å². The number of ether oxygens (including phenoxy) is 1. The van der Waals surface area contributed by atoms with Crippen molar-refractivity contribution in [3.05, 3.63) is 41.3 Å². The van der Waals surface area contributed by atoms with Crippen LogP contribution in [0.2, 0.25) is 5.15 Å². The third kappa shape index (κ3) is 3.39. The summed E-state index contributed by atoms with van der Waals surface area (Å²) in [6.45, 7) is 2.28. The highest BCUT2D eigenvalue weighted by molar-refractivity contribution is 6.29. The van der Waals surface area contributed by atoms with E-state index in [1.807, 2.05) is 6.92 Å². The van der Waals surface area contributed by atoms with Crippen molar-refractivity contribution in [2.45, 2.75) is 13.1 Å². The van der Waals surface area contributed by atoms with Gasteiger partial charge in [-0.3, -0.25) is 0 Å². The summed E-state index contributed by atoms with van der Waals surface area (Å²) in [6.07, 6.45) is -4.64. The zero-order chi connectivity index (χ0) is 14.8. The maximum atomic E-state index is 12.7. The molecule has 1 aromatic heterocycles. The summed E-state index contributed by atoms with van der Waals surface area (Å²) in [6, 6.07) is 7.88. The second-order valence-corrected chi connectivity index (χ2v) is 4.25. The normalized spacial score (nSPS) is 11.4. The number of nitrogens with zero attached hydrogens (tertiary/aromatic N) is 2. The van der Waals surface area contributed by atoms with E-state index in [0.717, 1.165) is 0 Å². The van der Waals surface area contributed by atoms with Crippen LogP contribution >= 0.6 is 11.6 Å². The molecule has 1 heterocycles. The van der Waals surface area contributed by atoms with Crippen molar-refractivity contribution in [1.82, 2.24) is 9.97 Å². The average Bonchev–Trinajstić information content (AvgIpc) is 2.38. The Bertz CT molecular complexity index is 617. The third-order valence-corrected chi connectivity index (χ3v) is 2.58. The lowest BCUT2D eigenvalue weighted by Crippen LogP contribution is -2.11. The van der Waals surface area contributed by atoms with E-state index >= 15 is 0 Å². The smallest absolute Gasteiger partial charge is 0.451 e. The van der Waals surface area contributed by atoms with E-state index in [2.05, 4.69) is 9.97 Å². The van der Waals surface area contributed by atoms with Gasteiger partial charge in [0.25, 0.3) is 0 Å². The molecule has 0 atom stereocenters. The molecule has 2 rings (SSSR count). The highest BCUT2D eigenvalue weighted by Crippen LogP contribution is 2.30. The summed E-state index contributed by atoms with van der Waals surface area (Å²) >= 11 is 5.62. The fourth-order valence-corrected chi connectivity index (χ4v) is 1.79. The highest BCUT2D eigenvalue weighted by atomic mass is 35.5. The third-order valence-electron chi connectivity index (χ3n) is 2.39. The maximum Gasteiger partial charge on any atom is 0.451 e. The van der Waals surface area contributed by atoms with Crippen molar-refractivity contribution in [1.29, 1.82) is 0 Å². The van der Waals surface area contributed by atoms with Crippen molar-refractivity contribution in [2.24, 2.45) is 0 Å². The Morgan fingerprint density at radius 1 is 1.20 bits per heavy atom. The molecule has 7 heteroatoms. The fraction of sp³-hybridized carbons (Fsp3) is 0.231. The van der Waals surface area contributed by atoms with Crippen LogP contribution in [0.1, 0.15) is 12.7 Å². The molecule has 0 bridgehead atoms. The van der Waals surface area contributed by atoms with Crippen LogP contribution in [0.4, 0.5) is 13.2 Å². The van der Waals surface area contributed by atoms with Crippen LogP contribution in [0.5, 0.6) is 5.75 Å². The van der Waals surface area contributed by atoms with Gasteiger partial charge in [-0.2, -0.15) is 13.2 Å². The quantitative estimate of drug-likeness (QED) is 0.796. The molecule has 0 unspecified atom stereocenters. The van der Waals surface area contributed by atoms with Crippen molar-refractivity contribution in [3.8, 4) is 17.0 Å². The van der Waals surface area contributed by atoms with Crippen LogP contribution in [-0.4, -0.2) is 16.6 Å². The standard InChI is InChI=1S/C13H10ClF3N2O/c1-2-20-9-5-3-4-8(6-9)10-7-11(14)19-12(18-10)13(15,16)17/h3-7H,2H2,1H3. The van der Waals surface area contributed by atoms with Crippen molar-refractivity contribution >= 4 is 11.6 Å². The highest BCUT2D eigenvalue weighted by Gasteiger charge is 2.35.